The van der Waals surface area contributed by atoms with Crippen LogP contribution in [-0.4, -0.2) is 29.3 Å². The zero-order valence-electron chi connectivity index (χ0n) is 12.0. The van der Waals surface area contributed by atoms with Gasteiger partial charge in [0.2, 0.25) is 0 Å². The Hall–Kier alpha value is -2.08. The molecule has 21 heavy (non-hydrogen) atoms. The number of hydrogen-bond donors (Lipinski definition) is 1. The summed E-state index contributed by atoms with van der Waals surface area (Å²) in [4.78, 5) is 15.8. The van der Waals surface area contributed by atoms with E-state index in [1.54, 1.807) is 25.1 Å². The Labute approximate surface area is 127 Å². The third-order valence-corrected chi connectivity index (χ3v) is 3.63. The van der Waals surface area contributed by atoms with Crippen molar-refractivity contribution >= 4 is 17.3 Å². The van der Waals surface area contributed by atoms with Crippen molar-refractivity contribution in [1.82, 2.24) is 4.98 Å². The Bertz CT molecular complexity index is 624. The highest BCUT2D eigenvalue weighted by molar-refractivity contribution is 7.13. The lowest BCUT2D eigenvalue weighted by atomic mass is 10.2. The highest BCUT2D eigenvalue weighted by Crippen LogP contribution is 2.33. The average molecular weight is 307 g/mol. The molecular formula is C15H17NO4S. The molecule has 0 unspecified atom stereocenters. The molecule has 1 aromatic heterocycles. The third-order valence-electron chi connectivity index (χ3n) is 2.69. The second-order valence-electron chi connectivity index (χ2n) is 4.24. The van der Waals surface area contributed by atoms with Crippen LogP contribution in [0.1, 0.15) is 19.5 Å². The van der Waals surface area contributed by atoms with Crippen molar-refractivity contribution in [3.05, 3.63) is 29.3 Å². The molecule has 112 valence electrons. The first-order chi connectivity index (χ1) is 10.1. The van der Waals surface area contributed by atoms with Crippen LogP contribution in [0.4, 0.5) is 0 Å². The Morgan fingerprint density at radius 1 is 1.33 bits per heavy atom. The largest absolute Gasteiger partial charge is 0.504 e. The number of rotatable bonds is 6. The van der Waals surface area contributed by atoms with Crippen LogP contribution in [0, 0.1) is 0 Å². The minimum absolute atomic E-state index is 0.101. The van der Waals surface area contributed by atoms with Crippen molar-refractivity contribution in [1.29, 1.82) is 0 Å². The van der Waals surface area contributed by atoms with E-state index in [-0.39, 0.29) is 18.1 Å². The Morgan fingerprint density at radius 2 is 2.14 bits per heavy atom. The Morgan fingerprint density at radius 3 is 2.86 bits per heavy atom. The lowest BCUT2D eigenvalue weighted by Crippen LogP contribution is -2.07. The average Bonchev–Trinajstić information content (AvgIpc) is 2.90. The summed E-state index contributed by atoms with van der Waals surface area (Å²) < 4.78 is 10.3. The molecule has 0 amide bonds. The van der Waals surface area contributed by atoms with Crippen LogP contribution in [0.25, 0.3) is 10.6 Å². The number of thiazole rings is 1. The summed E-state index contributed by atoms with van der Waals surface area (Å²) >= 11 is 1.44. The normalized spacial score (nSPS) is 10.4. The van der Waals surface area contributed by atoms with Crippen molar-refractivity contribution < 1.29 is 19.4 Å². The maximum absolute atomic E-state index is 11.4. The van der Waals surface area contributed by atoms with E-state index >= 15 is 0 Å². The molecule has 0 saturated carbocycles. The van der Waals surface area contributed by atoms with Gasteiger partial charge < -0.3 is 14.6 Å². The van der Waals surface area contributed by atoms with Crippen LogP contribution in [0.2, 0.25) is 0 Å². The van der Waals surface area contributed by atoms with Gasteiger partial charge in [0.25, 0.3) is 0 Å². The molecule has 0 radical (unpaired) electrons. The number of benzene rings is 1. The smallest absolute Gasteiger partial charge is 0.311 e. The van der Waals surface area contributed by atoms with Gasteiger partial charge in [-0.25, -0.2) is 4.98 Å². The molecule has 0 spiro atoms. The number of aromatic nitrogens is 1. The van der Waals surface area contributed by atoms with E-state index in [9.17, 15) is 9.90 Å². The first-order valence-corrected chi connectivity index (χ1v) is 7.58. The van der Waals surface area contributed by atoms with Gasteiger partial charge in [0, 0.05) is 10.9 Å². The number of ether oxygens (including phenoxy) is 2. The summed E-state index contributed by atoms with van der Waals surface area (Å²) in [6, 6.07) is 5.09. The van der Waals surface area contributed by atoms with Gasteiger partial charge in [0.05, 0.1) is 25.3 Å². The molecular weight excluding hydrogens is 290 g/mol. The molecule has 0 fully saturated rings. The number of phenols is 1. The number of carbonyl (C=O) groups excluding carboxylic acids is 1. The van der Waals surface area contributed by atoms with E-state index in [1.165, 1.54) is 11.3 Å². The van der Waals surface area contributed by atoms with Crippen LogP contribution >= 0.6 is 11.3 Å². The fraction of sp³-hybridized carbons (Fsp3) is 0.333. The molecule has 5 nitrogen and oxygen atoms in total. The lowest BCUT2D eigenvalue weighted by molar-refractivity contribution is -0.142. The molecule has 2 rings (SSSR count). The number of esters is 1. The van der Waals surface area contributed by atoms with Gasteiger partial charge in [-0.05, 0) is 32.0 Å². The molecule has 0 aliphatic rings. The van der Waals surface area contributed by atoms with Crippen LogP contribution in [0.15, 0.2) is 23.6 Å². The minimum Gasteiger partial charge on any atom is -0.504 e. The van der Waals surface area contributed by atoms with Gasteiger partial charge in [-0.2, -0.15) is 0 Å². The van der Waals surface area contributed by atoms with Gasteiger partial charge in [0.15, 0.2) is 11.5 Å². The van der Waals surface area contributed by atoms with Crippen LogP contribution in [0.3, 0.4) is 0 Å². The highest BCUT2D eigenvalue weighted by Gasteiger charge is 2.11. The zero-order valence-corrected chi connectivity index (χ0v) is 12.8. The van der Waals surface area contributed by atoms with Crippen molar-refractivity contribution in [3.8, 4) is 22.1 Å². The Kier molecular flexibility index (Phi) is 5.16. The molecule has 1 heterocycles. The highest BCUT2D eigenvalue weighted by atomic mass is 32.1. The van der Waals surface area contributed by atoms with E-state index in [4.69, 9.17) is 9.47 Å². The number of phenolic OH excluding ortho intramolecular Hbond substituents is 1. The van der Waals surface area contributed by atoms with E-state index in [0.29, 0.717) is 24.7 Å². The van der Waals surface area contributed by atoms with Gasteiger partial charge in [-0.15, -0.1) is 11.3 Å². The van der Waals surface area contributed by atoms with Crippen LogP contribution in [-0.2, 0) is 16.0 Å². The van der Waals surface area contributed by atoms with E-state index in [1.807, 2.05) is 12.3 Å². The van der Waals surface area contributed by atoms with Gasteiger partial charge in [-0.1, -0.05) is 0 Å². The zero-order chi connectivity index (χ0) is 15.2. The predicted molar refractivity (Wildman–Crippen MR) is 80.7 cm³/mol. The van der Waals surface area contributed by atoms with Crippen LogP contribution in [0.5, 0.6) is 11.5 Å². The summed E-state index contributed by atoms with van der Waals surface area (Å²) in [6.45, 7) is 4.47. The summed E-state index contributed by atoms with van der Waals surface area (Å²) in [5.41, 5.74) is 1.52. The molecule has 0 aliphatic carbocycles. The molecule has 0 aliphatic heterocycles. The third kappa shape index (κ3) is 3.95. The predicted octanol–water partition coefficient (Wildman–Crippen LogP) is 3.02. The van der Waals surface area contributed by atoms with Crippen molar-refractivity contribution in [2.24, 2.45) is 0 Å². The topological polar surface area (TPSA) is 68.7 Å². The number of aromatic hydroxyl groups is 1. The van der Waals surface area contributed by atoms with Crippen molar-refractivity contribution in [3.63, 3.8) is 0 Å². The number of carbonyl (C=O) groups is 1. The maximum Gasteiger partial charge on any atom is 0.311 e. The Balaban J connectivity index is 2.17. The molecule has 6 heteroatoms. The molecule has 2 aromatic rings. The SMILES string of the molecule is CCOC(=O)Cc1csc(-c2ccc(O)c(OCC)c2)n1. The maximum atomic E-state index is 11.4. The molecule has 1 aromatic carbocycles. The fourth-order valence-corrected chi connectivity index (χ4v) is 2.62. The van der Waals surface area contributed by atoms with Crippen molar-refractivity contribution in [2.75, 3.05) is 13.2 Å². The summed E-state index contributed by atoms with van der Waals surface area (Å²) in [5, 5.41) is 12.3. The lowest BCUT2D eigenvalue weighted by Gasteiger charge is -2.06. The summed E-state index contributed by atoms with van der Waals surface area (Å²) in [7, 11) is 0. The minimum atomic E-state index is -0.282. The van der Waals surface area contributed by atoms with E-state index < -0.39 is 0 Å². The van der Waals surface area contributed by atoms with Crippen molar-refractivity contribution in [2.45, 2.75) is 20.3 Å². The first-order valence-electron chi connectivity index (χ1n) is 6.70. The molecule has 0 bridgehead atoms. The standard InChI is InChI=1S/C15H17NO4S/c1-3-19-13-7-10(5-6-12(13)17)15-16-11(9-21-15)8-14(18)20-4-2/h5-7,9,17H,3-4,8H2,1-2H3. The summed E-state index contributed by atoms with van der Waals surface area (Å²) in [5.74, 6) is 0.246. The second kappa shape index (κ2) is 7.08. The molecule has 0 atom stereocenters. The quantitative estimate of drug-likeness (QED) is 0.831. The van der Waals surface area contributed by atoms with E-state index in [2.05, 4.69) is 4.98 Å². The number of nitrogens with zero attached hydrogens (tertiary/aromatic N) is 1. The van der Waals surface area contributed by atoms with Crippen LogP contribution < -0.4 is 4.74 Å². The molecule has 1 N–H and O–H groups in total. The van der Waals surface area contributed by atoms with Gasteiger partial charge in [0.1, 0.15) is 5.01 Å². The first kappa shape index (κ1) is 15.3. The second-order valence-corrected chi connectivity index (χ2v) is 5.10. The van der Waals surface area contributed by atoms with Gasteiger partial charge >= 0.3 is 5.97 Å². The molecule has 0 saturated heterocycles. The fourth-order valence-electron chi connectivity index (χ4n) is 1.80. The summed E-state index contributed by atoms with van der Waals surface area (Å²) in [6.07, 6.45) is 0.167. The monoisotopic (exact) mass is 307 g/mol. The van der Waals surface area contributed by atoms with Gasteiger partial charge in [-0.3, -0.25) is 4.79 Å². The van der Waals surface area contributed by atoms with E-state index in [0.717, 1.165) is 10.6 Å². The number of hydrogen-bond acceptors (Lipinski definition) is 6.